The summed E-state index contributed by atoms with van der Waals surface area (Å²) in [4.78, 5) is 4.12. The van der Waals surface area contributed by atoms with Crippen molar-refractivity contribution in [3.63, 3.8) is 0 Å². The lowest BCUT2D eigenvalue weighted by atomic mass is 10.2. The van der Waals surface area contributed by atoms with Crippen LogP contribution < -0.4 is 5.73 Å². The van der Waals surface area contributed by atoms with Crippen LogP contribution in [-0.2, 0) is 6.42 Å². The Morgan fingerprint density at radius 2 is 2.36 bits per heavy atom. The minimum absolute atomic E-state index is 0.612. The second-order valence-electron chi connectivity index (χ2n) is 3.08. The van der Waals surface area contributed by atoms with Crippen LogP contribution in [0, 0.1) is 11.3 Å². The summed E-state index contributed by atoms with van der Waals surface area (Å²) in [6, 6.07) is 5.68. The van der Waals surface area contributed by atoms with Crippen molar-refractivity contribution in [2.75, 3.05) is 5.73 Å². The van der Waals surface area contributed by atoms with E-state index in [-0.39, 0.29) is 0 Å². The van der Waals surface area contributed by atoms with Crippen molar-refractivity contribution in [1.29, 1.82) is 5.26 Å². The zero-order chi connectivity index (χ0) is 10.1. The molecule has 0 unspecified atom stereocenters. The SMILES string of the molecule is CCc1cc(C#N)cc2ncc(N)n12. The maximum absolute atomic E-state index is 8.81. The summed E-state index contributed by atoms with van der Waals surface area (Å²) in [6.07, 6.45) is 2.43. The maximum atomic E-state index is 8.81. The van der Waals surface area contributed by atoms with Gasteiger partial charge in [-0.2, -0.15) is 5.26 Å². The normalized spacial score (nSPS) is 10.3. The van der Waals surface area contributed by atoms with E-state index in [1.807, 2.05) is 17.4 Å². The predicted octanol–water partition coefficient (Wildman–Crippen LogP) is 1.35. The molecular formula is C10H10N4. The van der Waals surface area contributed by atoms with Gasteiger partial charge in [0.2, 0.25) is 0 Å². The topological polar surface area (TPSA) is 67.1 Å². The number of nitriles is 1. The molecule has 4 heteroatoms. The molecule has 14 heavy (non-hydrogen) atoms. The second-order valence-corrected chi connectivity index (χ2v) is 3.08. The number of anilines is 1. The molecule has 0 saturated carbocycles. The molecule has 0 amide bonds. The Kier molecular flexibility index (Phi) is 1.86. The monoisotopic (exact) mass is 186 g/mol. The van der Waals surface area contributed by atoms with Crippen molar-refractivity contribution in [2.24, 2.45) is 0 Å². The molecule has 0 spiro atoms. The largest absolute Gasteiger partial charge is 0.383 e. The standard InChI is InChI=1S/C10H10N4/c1-2-8-3-7(5-11)4-10-13-6-9(12)14(8)10/h3-4,6H,2,12H2,1H3. The predicted molar refractivity (Wildman–Crippen MR) is 53.7 cm³/mol. The van der Waals surface area contributed by atoms with Crippen molar-refractivity contribution < 1.29 is 0 Å². The van der Waals surface area contributed by atoms with Crippen molar-refractivity contribution in [3.05, 3.63) is 29.6 Å². The van der Waals surface area contributed by atoms with Crippen molar-refractivity contribution in [1.82, 2.24) is 9.38 Å². The summed E-state index contributed by atoms with van der Waals surface area (Å²) in [5.41, 5.74) is 8.13. The van der Waals surface area contributed by atoms with Gasteiger partial charge in [0.25, 0.3) is 0 Å². The Morgan fingerprint density at radius 3 is 3.00 bits per heavy atom. The van der Waals surface area contributed by atoms with E-state index >= 15 is 0 Å². The number of aromatic nitrogens is 2. The third-order valence-electron chi connectivity index (χ3n) is 2.20. The van der Waals surface area contributed by atoms with Crippen molar-refractivity contribution in [3.8, 4) is 6.07 Å². The first kappa shape index (κ1) is 8.57. The number of hydrogen-bond donors (Lipinski definition) is 1. The first-order valence-corrected chi connectivity index (χ1v) is 4.42. The molecule has 2 aromatic heterocycles. The zero-order valence-corrected chi connectivity index (χ0v) is 7.86. The average Bonchev–Trinajstić information content (AvgIpc) is 2.59. The van der Waals surface area contributed by atoms with Crippen LogP contribution in [-0.4, -0.2) is 9.38 Å². The van der Waals surface area contributed by atoms with Gasteiger partial charge in [-0.25, -0.2) is 4.98 Å². The van der Waals surface area contributed by atoms with Gasteiger partial charge in [-0.3, -0.25) is 4.40 Å². The van der Waals surface area contributed by atoms with E-state index in [2.05, 4.69) is 11.1 Å². The molecule has 70 valence electrons. The van der Waals surface area contributed by atoms with Gasteiger partial charge >= 0.3 is 0 Å². The van der Waals surface area contributed by atoms with Gasteiger partial charge in [-0.05, 0) is 18.6 Å². The molecule has 2 rings (SSSR count). The first-order chi connectivity index (χ1) is 6.76. The number of nitrogen functional groups attached to an aromatic ring is 1. The van der Waals surface area contributed by atoms with Gasteiger partial charge in [-0.15, -0.1) is 0 Å². The summed E-state index contributed by atoms with van der Waals surface area (Å²) >= 11 is 0. The number of rotatable bonds is 1. The molecule has 0 aliphatic heterocycles. The summed E-state index contributed by atoms with van der Waals surface area (Å²) in [6.45, 7) is 2.02. The fourth-order valence-electron chi connectivity index (χ4n) is 1.54. The van der Waals surface area contributed by atoms with Crippen LogP contribution in [0.5, 0.6) is 0 Å². The van der Waals surface area contributed by atoms with Crippen LogP contribution in [0.1, 0.15) is 18.2 Å². The van der Waals surface area contributed by atoms with E-state index < -0.39 is 0 Å². The molecule has 4 nitrogen and oxygen atoms in total. The van der Waals surface area contributed by atoms with Gasteiger partial charge in [0.15, 0.2) is 0 Å². The molecule has 0 fully saturated rings. The molecule has 0 aliphatic carbocycles. The summed E-state index contributed by atoms with van der Waals surface area (Å²) in [5.74, 6) is 0.612. The Morgan fingerprint density at radius 1 is 1.57 bits per heavy atom. The van der Waals surface area contributed by atoms with Crippen LogP contribution in [0.4, 0.5) is 5.82 Å². The number of hydrogen-bond acceptors (Lipinski definition) is 3. The minimum atomic E-state index is 0.612. The van der Waals surface area contributed by atoms with Gasteiger partial charge in [0.05, 0.1) is 17.8 Å². The molecule has 2 aromatic rings. The van der Waals surface area contributed by atoms with Gasteiger partial charge in [0.1, 0.15) is 11.5 Å². The fraction of sp³-hybridized carbons (Fsp3) is 0.200. The Balaban J connectivity index is 2.84. The molecule has 0 radical (unpaired) electrons. The van der Waals surface area contributed by atoms with E-state index in [4.69, 9.17) is 11.0 Å². The van der Waals surface area contributed by atoms with E-state index in [0.29, 0.717) is 11.4 Å². The third-order valence-corrected chi connectivity index (χ3v) is 2.20. The molecular weight excluding hydrogens is 176 g/mol. The number of imidazole rings is 1. The highest BCUT2D eigenvalue weighted by molar-refractivity contribution is 5.54. The number of nitrogens with two attached hydrogens (primary N) is 1. The van der Waals surface area contributed by atoms with Gasteiger partial charge in [0, 0.05) is 5.69 Å². The van der Waals surface area contributed by atoms with E-state index in [9.17, 15) is 0 Å². The highest BCUT2D eigenvalue weighted by atomic mass is 15.1. The van der Waals surface area contributed by atoms with Crippen molar-refractivity contribution >= 4 is 11.5 Å². The highest BCUT2D eigenvalue weighted by Gasteiger charge is 2.05. The quantitative estimate of drug-likeness (QED) is 0.731. The molecule has 2 N–H and O–H groups in total. The molecule has 0 saturated heterocycles. The molecule has 2 heterocycles. The minimum Gasteiger partial charge on any atom is -0.383 e. The second kappa shape index (κ2) is 3.04. The summed E-state index contributed by atoms with van der Waals surface area (Å²) in [7, 11) is 0. The lowest BCUT2D eigenvalue weighted by Crippen LogP contribution is -2.00. The van der Waals surface area contributed by atoms with E-state index in [0.717, 1.165) is 17.8 Å². The fourth-order valence-corrected chi connectivity index (χ4v) is 1.54. The van der Waals surface area contributed by atoms with Crippen molar-refractivity contribution in [2.45, 2.75) is 13.3 Å². The lowest BCUT2D eigenvalue weighted by molar-refractivity contribution is 0.984. The Hall–Kier alpha value is -2.02. The number of aryl methyl sites for hydroxylation is 1. The first-order valence-electron chi connectivity index (χ1n) is 4.42. The third kappa shape index (κ3) is 1.11. The summed E-state index contributed by atoms with van der Waals surface area (Å²) < 4.78 is 1.86. The van der Waals surface area contributed by atoms with E-state index in [1.165, 1.54) is 0 Å². The average molecular weight is 186 g/mol. The Labute approximate surface area is 81.6 Å². The molecule has 0 aromatic carbocycles. The van der Waals surface area contributed by atoms with Gasteiger partial charge < -0.3 is 5.73 Å². The number of pyridine rings is 1. The van der Waals surface area contributed by atoms with Crippen LogP contribution in [0.2, 0.25) is 0 Å². The Bertz CT molecular complexity index is 519. The maximum Gasteiger partial charge on any atom is 0.139 e. The number of fused-ring (bicyclic) bond motifs is 1. The molecule has 0 bridgehead atoms. The highest BCUT2D eigenvalue weighted by Crippen LogP contribution is 2.15. The van der Waals surface area contributed by atoms with Crippen LogP contribution >= 0.6 is 0 Å². The molecule has 0 aliphatic rings. The van der Waals surface area contributed by atoms with Crippen LogP contribution in [0.15, 0.2) is 18.3 Å². The molecule has 0 atom stereocenters. The van der Waals surface area contributed by atoms with Gasteiger partial charge in [-0.1, -0.05) is 6.92 Å². The van der Waals surface area contributed by atoms with Crippen LogP contribution in [0.3, 0.4) is 0 Å². The van der Waals surface area contributed by atoms with Crippen LogP contribution in [0.25, 0.3) is 5.65 Å². The smallest absolute Gasteiger partial charge is 0.139 e. The zero-order valence-electron chi connectivity index (χ0n) is 7.86. The number of nitrogens with zero attached hydrogens (tertiary/aromatic N) is 3. The van der Waals surface area contributed by atoms with E-state index in [1.54, 1.807) is 12.3 Å². The summed E-state index contributed by atoms with van der Waals surface area (Å²) in [5, 5.41) is 8.81. The lowest BCUT2D eigenvalue weighted by Gasteiger charge is -2.04.